The molecule has 2 aliphatic rings. The van der Waals surface area contributed by atoms with E-state index in [-0.39, 0.29) is 17.3 Å². The monoisotopic (exact) mass is 180 g/mol. The van der Waals surface area contributed by atoms with Crippen LogP contribution in [-0.2, 0) is 0 Å². The second-order valence-corrected chi connectivity index (χ2v) is 6.84. The van der Waals surface area contributed by atoms with E-state index in [0.717, 1.165) is 12.8 Å². The maximum atomic E-state index is 12.7. The van der Waals surface area contributed by atoms with Gasteiger partial charge in [-0.2, -0.15) is 0 Å². The molecule has 1 spiro atoms. The third kappa shape index (κ3) is 0.930. The van der Waals surface area contributed by atoms with Crippen LogP contribution in [0.15, 0.2) is 0 Å². The second kappa shape index (κ2) is 1.93. The van der Waals surface area contributed by atoms with E-state index in [2.05, 4.69) is 12.5 Å². The molecule has 2 fully saturated rings. The zero-order chi connectivity index (χ0) is 8.28. The van der Waals surface area contributed by atoms with Crippen molar-refractivity contribution < 1.29 is 8.78 Å². The van der Waals surface area contributed by atoms with Crippen LogP contribution in [0.2, 0.25) is 0 Å². The third-order valence-electron chi connectivity index (χ3n) is 3.19. The molecule has 0 unspecified atom stereocenters. The van der Waals surface area contributed by atoms with Gasteiger partial charge >= 0.3 is 0 Å². The smallest absolute Gasteiger partial charge is 0.254 e. The van der Waals surface area contributed by atoms with Crippen LogP contribution in [0.3, 0.4) is 0 Å². The highest BCUT2D eigenvalue weighted by atomic mass is 32.2. The second-order valence-electron chi connectivity index (χ2n) is 4.19. The summed E-state index contributed by atoms with van der Waals surface area (Å²) >= 11 is 0. The molecule has 0 bridgehead atoms. The van der Waals surface area contributed by atoms with Crippen molar-refractivity contribution in [3.8, 4) is 0 Å². The Morgan fingerprint density at radius 3 is 2.00 bits per heavy atom. The van der Waals surface area contributed by atoms with Gasteiger partial charge in [0.25, 0.3) is 5.92 Å². The minimum absolute atomic E-state index is 0.0318. The molecule has 2 aliphatic carbocycles. The third-order valence-corrected chi connectivity index (χ3v) is 5.02. The average Bonchev–Trinajstić information content (AvgIpc) is 2.29. The van der Waals surface area contributed by atoms with E-state index in [9.17, 15) is 8.78 Å². The van der Waals surface area contributed by atoms with Gasteiger partial charge in [0, 0.05) is 11.8 Å². The Kier molecular flexibility index (Phi) is 1.37. The molecule has 0 amide bonds. The fourth-order valence-electron chi connectivity index (χ4n) is 2.03. The van der Waals surface area contributed by atoms with Crippen molar-refractivity contribution in [1.29, 1.82) is 0 Å². The standard InChI is InChI=1S/C8H14F2S/c1-11(2)6-3-7(4-6)5-8(7,9)10/h6,11H,3-5H2,1-2H3. The fraction of sp³-hybridized carbons (Fsp3) is 1.00. The molecule has 0 aliphatic heterocycles. The van der Waals surface area contributed by atoms with E-state index in [1.54, 1.807) is 0 Å². The number of hydrogen-bond acceptors (Lipinski definition) is 0. The number of halogens is 2. The van der Waals surface area contributed by atoms with E-state index in [1.807, 2.05) is 0 Å². The van der Waals surface area contributed by atoms with Gasteiger partial charge in [0.15, 0.2) is 0 Å². The Labute approximate surface area is 68.7 Å². The Balaban J connectivity index is 1.90. The van der Waals surface area contributed by atoms with Gasteiger partial charge in [-0.15, -0.1) is 0 Å². The van der Waals surface area contributed by atoms with Gasteiger partial charge in [-0.25, -0.2) is 8.78 Å². The van der Waals surface area contributed by atoms with Crippen LogP contribution in [0.25, 0.3) is 0 Å². The first-order valence-electron chi connectivity index (χ1n) is 4.01. The summed E-state index contributed by atoms with van der Waals surface area (Å²) in [5.74, 6) is -2.28. The van der Waals surface area contributed by atoms with E-state index in [4.69, 9.17) is 0 Å². The first kappa shape index (κ1) is 7.84. The first-order chi connectivity index (χ1) is 4.97. The van der Waals surface area contributed by atoms with Gasteiger partial charge in [0.1, 0.15) is 0 Å². The molecule has 66 valence electrons. The van der Waals surface area contributed by atoms with Crippen LogP contribution >= 0.6 is 10.9 Å². The van der Waals surface area contributed by atoms with E-state index >= 15 is 0 Å². The SMILES string of the molecule is C[SH](C)C1CC2(C1)CC2(F)F. The van der Waals surface area contributed by atoms with Crippen LogP contribution in [0.1, 0.15) is 19.3 Å². The van der Waals surface area contributed by atoms with E-state index in [0.29, 0.717) is 5.25 Å². The number of thiol groups is 1. The zero-order valence-corrected chi connectivity index (χ0v) is 7.80. The summed E-state index contributed by atoms with van der Waals surface area (Å²) in [5, 5.41) is 0.637. The van der Waals surface area contributed by atoms with Crippen molar-refractivity contribution in [3.05, 3.63) is 0 Å². The van der Waals surface area contributed by atoms with Gasteiger partial charge in [-0.3, -0.25) is 10.9 Å². The molecule has 0 saturated heterocycles. The molecular weight excluding hydrogens is 166 g/mol. The minimum atomic E-state index is -2.28. The number of rotatable bonds is 1. The van der Waals surface area contributed by atoms with Gasteiger partial charge in [-0.05, 0) is 30.6 Å². The normalized spacial score (nSPS) is 46.9. The predicted molar refractivity (Wildman–Crippen MR) is 45.9 cm³/mol. The van der Waals surface area contributed by atoms with Crippen LogP contribution in [-0.4, -0.2) is 23.7 Å². The molecule has 11 heavy (non-hydrogen) atoms. The minimum Gasteiger partial charge on any atom is -0.256 e. The van der Waals surface area contributed by atoms with Crippen molar-refractivity contribution in [1.82, 2.24) is 0 Å². The fourth-order valence-corrected chi connectivity index (χ4v) is 3.46. The summed E-state index contributed by atoms with van der Waals surface area (Å²) in [4.78, 5) is 0. The summed E-state index contributed by atoms with van der Waals surface area (Å²) < 4.78 is 25.4. The van der Waals surface area contributed by atoms with Crippen molar-refractivity contribution >= 4 is 10.9 Å². The van der Waals surface area contributed by atoms with Crippen LogP contribution in [0.4, 0.5) is 8.78 Å². The molecule has 2 rings (SSSR count). The highest BCUT2D eigenvalue weighted by molar-refractivity contribution is 8.16. The highest BCUT2D eigenvalue weighted by Gasteiger charge is 2.75. The molecule has 0 nitrogen and oxygen atoms in total. The largest absolute Gasteiger partial charge is 0.256 e. The topological polar surface area (TPSA) is 0 Å². The molecule has 0 aromatic rings. The van der Waals surface area contributed by atoms with Crippen LogP contribution in [0.5, 0.6) is 0 Å². The van der Waals surface area contributed by atoms with Crippen molar-refractivity contribution in [2.24, 2.45) is 5.41 Å². The Hall–Kier alpha value is 0.210. The average molecular weight is 180 g/mol. The highest BCUT2D eigenvalue weighted by Crippen LogP contribution is 2.73. The number of hydrogen-bond donors (Lipinski definition) is 1. The van der Waals surface area contributed by atoms with Crippen molar-refractivity contribution in [2.75, 3.05) is 12.5 Å². The molecule has 0 radical (unpaired) electrons. The first-order valence-corrected chi connectivity index (χ1v) is 6.32. The predicted octanol–water partition coefficient (Wildman–Crippen LogP) is 2.44. The van der Waals surface area contributed by atoms with Gasteiger partial charge in [0.2, 0.25) is 0 Å². The Bertz CT molecular complexity index is 183. The lowest BCUT2D eigenvalue weighted by molar-refractivity contribution is 0.0329. The maximum absolute atomic E-state index is 12.7. The summed E-state index contributed by atoms with van der Waals surface area (Å²) in [7, 11) is 0.0318. The Morgan fingerprint density at radius 2 is 1.73 bits per heavy atom. The van der Waals surface area contributed by atoms with Crippen LogP contribution < -0.4 is 0 Å². The summed E-state index contributed by atoms with van der Waals surface area (Å²) in [6.07, 6.45) is 6.16. The maximum Gasteiger partial charge on any atom is 0.254 e. The Morgan fingerprint density at radius 1 is 1.27 bits per heavy atom. The number of alkyl halides is 2. The zero-order valence-electron chi connectivity index (χ0n) is 6.90. The molecule has 0 heterocycles. The lowest BCUT2D eigenvalue weighted by Gasteiger charge is -2.40. The van der Waals surface area contributed by atoms with Gasteiger partial charge < -0.3 is 0 Å². The van der Waals surface area contributed by atoms with Crippen molar-refractivity contribution in [3.63, 3.8) is 0 Å². The quantitative estimate of drug-likeness (QED) is 0.589. The van der Waals surface area contributed by atoms with E-state index < -0.39 is 11.3 Å². The molecule has 0 N–H and O–H groups in total. The van der Waals surface area contributed by atoms with Gasteiger partial charge in [-0.1, -0.05) is 0 Å². The molecule has 0 aromatic heterocycles. The summed E-state index contributed by atoms with van der Waals surface area (Å²) in [6, 6.07) is 0. The molecule has 2 saturated carbocycles. The lowest BCUT2D eigenvalue weighted by atomic mass is 9.80. The van der Waals surface area contributed by atoms with Crippen LogP contribution in [0, 0.1) is 5.41 Å². The molecule has 0 aromatic carbocycles. The van der Waals surface area contributed by atoms with E-state index in [1.165, 1.54) is 0 Å². The molecular formula is C8H14F2S. The lowest BCUT2D eigenvalue weighted by Crippen LogP contribution is -2.34. The summed E-state index contributed by atoms with van der Waals surface area (Å²) in [5.41, 5.74) is -0.496. The van der Waals surface area contributed by atoms with Crippen molar-refractivity contribution in [2.45, 2.75) is 30.4 Å². The molecule has 3 heteroatoms. The van der Waals surface area contributed by atoms with Gasteiger partial charge in [0.05, 0.1) is 0 Å². The molecule has 0 atom stereocenters. The summed E-state index contributed by atoms with van der Waals surface area (Å²) in [6.45, 7) is 0.